The van der Waals surface area contributed by atoms with E-state index in [1.807, 2.05) is 0 Å². The van der Waals surface area contributed by atoms with Gasteiger partial charge >= 0.3 is 0 Å². The van der Waals surface area contributed by atoms with Gasteiger partial charge in [0.25, 0.3) is 0 Å². The molecular formula is C12H22N2O4S. The van der Waals surface area contributed by atoms with Crippen LogP contribution in [0.3, 0.4) is 0 Å². The minimum atomic E-state index is -3.21. The average molecular weight is 290 g/mol. The van der Waals surface area contributed by atoms with Crippen LogP contribution in [0.1, 0.15) is 25.7 Å². The van der Waals surface area contributed by atoms with Gasteiger partial charge in [-0.2, -0.15) is 0 Å². The quantitative estimate of drug-likeness (QED) is 0.744. The molecule has 1 saturated carbocycles. The third kappa shape index (κ3) is 4.15. The van der Waals surface area contributed by atoms with E-state index in [0.29, 0.717) is 25.9 Å². The van der Waals surface area contributed by atoms with E-state index in [2.05, 4.69) is 5.32 Å². The molecule has 0 bridgehead atoms. The van der Waals surface area contributed by atoms with Crippen LogP contribution in [0, 0.1) is 5.92 Å². The summed E-state index contributed by atoms with van der Waals surface area (Å²) in [5.74, 6) is 0.381. The zero-order valence-corrected chi connectivity index (χ0v) is 12.1. The fraction of sp³-hybridized carbons (Fsp3) is 0.917. The van der Waals surface area contributed by atoms with Crippen LogP contribution in [-0.2, 0) is 19.6 Å². The van der Waals surface area contributed by atoms with E-state index in [0.717, 1.165) is 12.8 Å². The number of piperidine rings is 1. The van der Waals surface area contributed by atoms with Gasteiger partial charge in [0.1, 0.15) is 0 Å². The third-order valence-electron chi connectivity index (χ3n) is 3.69. The van der Waals surface area contributed by atoms with Gasteiger partial charge in [0.15, 0.2) is 0 Å². The number of rotatable bonds is 6. The van der Waals surface area contributed by atoms with Crippen LogP contribution in [-0.4, -0.2) is 57.2 Å². The second-order valence-electron chi connectivity index (χ2n) is 5.26. The Bertz CT molecular complexity index is 411. The van der Waals surface area contributed by atoms with Gasteiger partial charge in [-0.15, -0.1) is 0 Å². The zero-order chi connectivity index (χ0) is 13.9. The van der Waals surface area contributed by atoms with Crippen molar-refractivity contribution in [1.29, 1.82) is 0 Å². The lowest BCUT2D eigenvalue weighted by atomic mass is 10.1. The van der Waals surface area contributed by atoms with E-state index in [1.165, 1.54) is 11.4 Å². The Morgan fingerprint density at radius 3 is 2.42 bits per heavy atom. The molecule has 1 heterocycles. The Kier molecular flexibility index (Phi) is 4.81. The van der Waals surface area contributed by atoms with Gasteiger partial charge in [-0.1, -0.05) is 0 Å². The molecule has 2 aliphatic rings. The summed E-state index contributed by atoms with van der Waals surface area (Å²) in [7, 11) is -1.71. The van der Waals surface area contributed by atoms with Crippen LogP contribution in [0.5, 0.6) is 0 Å². The minimum absolute atomic E-state index is 0.0304. The molecule has 1 aliphatic heterocycles. The van der Waals surface area contributed by atoms with Crippen molar-refractivity contribution >= 4 is 15.9 Å². The second kappa shape index (κ2) is 6.19. The molecule has 1 saturated heterocycles. The maximum absolute atomic E-state index is 12.0. The monoisotopic (exact) mass is 290 g/mol. The number of hydrogen-bond acceptors (Lipinski definition) is 4. The maximum Gasteiger partial charge on any atom is 0.223 e. The highest BCUT2D eigenvalue weighted by Gasteiger charge is 2.33. The van der Waals surface area contributed by atoms with Crippen molar-refractivity contribution in [3.63, 3.8) is 0 Å². The van der Waals surface area contributed by atoms with Crippen LogP contribution >= 0.6 is 0 Å². The lowest BCUT2D eigenvalue weighted by molar-refractivity contribution is -0.123. The molecule has 0 radical (unpaired) electrons. The predicted molar refractivity (Wildman–Crippen MR) is 71.1 cm³/mol. The molecule has 110 valence electrons. The molecule has 0 aromatic heterocycles. The van der Waals surface area contributed by atoms with Crippen LogP contribution in [0.2, 0.25) is 0 Å². The number of ether oxygens (including phenoxy) is 1. The van der Waals surface area contributed by atoms with Crippen LogP contribution < -0.4 is 5.32 Å². The fourth-order valence-electron chi connectivity index (χ4n) is 2.26. The van der Waals surface area contributed by atoms with Crippen molar-refractivity contribution in [3.05, 3.63) is 0 Å². The molecule has 19 heavy (non-hydrogen) atoms. The minimum Gasteiger partial charge on any atom is -0.384 e. The van der Waals surface area contributed by atoms with Crippen molar-refractivity contribution < 1.29 is 17.9 Å². The van der Waals surface area contributed by atoms with Crippen molar-refractivity contribution in [2.45, 2.75) is 31.7 Å². The van der Waals surface area contributed by atoms with Crippen LogP contribution in [0.15, 0.2) is 0 Å². The molecule has 7 heteroatoms. The third-order valence-corrected chi connectivity index (χ3v) is 5.52. The predicted octanol–water partition coefficient (Wildman–Crippen LogP) is -0.0468. The molecule has 2 fully saturated rings. The first-order valence-electron chi connectivity index (χ1n) is 6.80. The number of nitrogens with one attached hydrogen (secondary N) is 1. The summed E-state index contributed by atoms with van der Waals surface area (Å²) in [6.07, 6.45) is 3.39. The molecule has 0 aromatic carbocycles. The number of methoxy groups -OCH3 is 1. The lowest BCUT2D eigenvalue weighted by Gasteiger charge is -2.31. The van der Waals surface area contributed by atoms with Gasteiger partial charge in [0, 0.05) is 32.2 Å². The standard InChI is InChI=1S/C12H22N2O4S/c1-18-8-9-19(16,17)14-6-4-11(5-7-14)13-12(15)10-2-3-10/h10-11H,2-9H2,1H3,(H,13,15). The summed E-state index contributed by atoms with van der Waals surface area (Å²) in [5, 5.41) is 3.01. The summed E-state index contributed by atoms with van der Waals surface area (Å²) < 4.78 is 30.2. The van der Waals surface area contributed by atoms with Gasteiger partial charge in [-0.3, -0.25) is 4.79 Å². The molecule has 1 amide bonds. The highest BCUT2D eigenvalue weighted by atomic mass is 32.2. The topological polar surface area (TPSA) is 75.7 Å². The zero-order valence-electron chi connectivity index (χ0n) is 11.3. The van der Waals surface area contributed by atoms with Crippen molar-refractivity contribution in [2.24, 2.45) is 5.92 Å². The van der Waals surface area contributed by atoms with Crippen molar-refractivity contribution in [2.75, 3.05) is 32.6 Å². The molecule has 0 atom stereocenters. The van der Waals surface area contributed by atoms with Crippen LogP contribution in [0.4, 0.5) is 0 Å². The van der Waals surface area contributed by atoms with Crippen LogP contribution in [0.25, 0.3) is 0 Å². The molecule has 1 N–H and O–H groups in total. The Labute approximate surface area is 114 Å². The van der Waals surface area contributed by atoms with E-state index < -0.39 is 10.0 Å². The summed E-state index contributed by atoms with van der Waals surface area (Å²) >= 11 is 0. The van der Waals surface area contributed by atoms with E-state index in [4.69, 9.17) is 4.74 Å². The van der Waals surface area contributed by atoms with Gasteiger partial charge in [0.2, 0.25) is 15.9 Å². The number of sulfonamides is 1. The Morgan fingerprint density at radius 2 is 1.89 bits per heavy atom. The second-order valence-corrected chi connectivity index (χ2v) is 7.35. The van der Waals surface area contributed by atoms with Crippen molar-refractivity contribution in [3.8, 4) is 0 Å². The smallest absolute Gasteiger partial charge is 0.223 e. The highest BCUT2D eigenvalue weighted by molar-refractivity contribution is 7.89. The first-order valence-corrected chi connectivity index (χ1v) is 8.41. The summed E-state index contributed by atoms with van der Waals surface area (Å²) in [4.78, 5) is 11.6. The maximum atomic E-state index is 12.0. The highest BCUT2D eigenvalue weighted by Crippen LogP contribution is 2.29. The molecule has 0 spiro atoms. The van der Waals surface area contributed by atoms with E-state index in [1.54, 1.807) is 0 Å². The SMILES string of the molecule is COCCS(=O)(=O)N1CCC(NC(=O)C2CC2)CC1. The molecule has 6 nitrogen and oxygen atoms in total. The summed E-state index contributed by atoms with van der Waals surface area (Å²) in [6.45, 7) is 1.20. The van der Waals surface area contributed by atoms with E-state index in [-0.39, 0.29) is 30.2 Å². The Morgan fingerprint density at radius 1 is 1.26 bits per heavy atom. The Balaban J connectivity index is 1.76. The van der Waals surface area contributed by atoms with Crippen molar-refractivity contribution in [1.82, 2.24) is 9.62 Å². The van der Waals surface area contributed by atoms with Gasteiger partial charge < -0.3 is 10.1 Å². The van der Waals surface area contributed by atoms with Gasteiger partial charge in [-0.05, 0) is 25.7 Å². The first kappa shape index (κ1) is 14.7. The average Bonchev–Trinajstić information content (AvgIpc) is 3.21. The summed E-state index contributed by atoms with van der Waals surface area (Å²) in [6, 6.07) is 0.127. The Hall–Kier alpha value is -0.660. The number of hydrogen-bond donors (Lipinski definition) is 1. The van der Waals surface area contributed by atoms with E-state index >= 15 is 0 Å². The number of nitrogens with zero attached hydrogens (tertiary/aromatic N) is 1. The lowest BCUT2D eigenvalue weighted by Crippen LogP contribution is -2.47. The van der Waals surface area contributed by atoms with E-state index in [9.17, 15) is 13.2 Å². The van der Waals surface area contributed by atoms with Gasteiger partial charge in [-0.25, -0.2) is 12.7 Å². The largest absolute Gasteiger partial charge is 0.384 e. The molecule has 0 unspecified atom stereocenters. The number of carbonyl (C=O) groups is 1. The molecule has 2 rings (SSSR count). The first-order chi connectivity index (χ1) is 9.03. The molecular weight excluding hydrogens is 268 g/mol. The summed E-state index contributed by atoms with van der Waals surface area (Å²) in [5.41, 5.74) is 0. The normalized spacial score (nSPS) is 22.4. The molecule has 0 aromatic rings. The molecule has 1 aliphatic carbocycles. The number of amides is 1. The van der Waals surface area contributed by atoms with Gasteiger partial charge in [0.05, 0.1) is 12.4 Å². The number of carbonyl (C=O) groups excluding carboxylic acids is 1. The fourth-order valence-corrected chi connectivity index (χ4v) is 3.66.